The third kappa shape index (κ3) is 14.4. The van der Waals surface area contributed by atoms with Crippen molar-refractivity contribution in [3.8, 4) is 0 Å². The Kier molecular flexibility index (Phi) is 20.5. The number of nitrogens with one attached hydrogen (secondary N) is 5. The van der Waals surface area contributed by atoms with Gasteiger partial charge in [0, 0.05) is 93.1 Å². The Bertz CT molecular complexity index is 3790. The molecule has 444 valence electrons. The normalized spacial score (nSPS) is 18.0. The van der Waals surface area contributed by atoms with E-state index < -0.39 is 30.1 Å². The molecule has 1 aliphatic carbocycles. The Morgan fingerprint density at radius 3 is 1.29 bits per heavy atom. The van der Waals surface area contributed by atoms with Gasteiger partial charge in [-0.05, 0) is 155 Å². The van der Waals surface area contributed by atoms with Crippen LogP contribution < -0.4 is 5.32 Å². The highest BCUT2D eigenvalue weighted by atomic mass is 35.5. The first-order valence-corrected chi connectivity index (χ1v) is 34.2. The van der Waals surface area contributed by atoms with Gasteiger partial charge in [-0.2, -0.15) is 20.4 Å². The highest BCUT2D eigenvalue weighted by Gasteiger charge is 2.37. The second-order valence-corrected chi connectivity index (χ2v) is 30.3. The second-order valence-electron chi connectivity index (χ2n) is 21.8. The van der Waals surface area contributed by atoms with Crippen molar-refractivity contribution in [1.29, 1.82) is 0 Å². The Labute approximate surface area is 499 Å². The number of hydrogen-bond acceptors (Lipinski definition) is 12. The average molecular weight is 1260 g/mol. The lowest BCUT2D eigenvalue weighted by Crippen LogP contribution is -2.42. The molecule has 26 heteroatoms. The van der Waals surface area contributed by atoms with E-state index in [0.29, 0.717) is 90.1 Å². The highest BCUT2D eigenvalue weighted by molar-refractivity contribution is 7.90. The zero-order valence-corrected chi connectivity index (χ0v) is 51.7. The number of nitrogens with zero attached hydrogens (tertiary/aromatic N) is 7. The molecule has 0 spiro atoms. The molecule has 4 aromatic heterocycles. The van der Waals surface area contributed by atoms with Gasteiger partial charge in [-0.25, -0.2) is 38.2 Å². The quantitative estimate of drug-likeness (QED) is 0.0630. The molecular weight excluding hydrogens is 1190 g/mol. The first kappa shape index (κ1) is 62.0. The predicted octanol–water partition coefficient (Wildman–Crippen LogP) is 11.6. The molecule has 82 heavy (non-hydrogen) atoms. The van der Waals surface area contributed by atoms with Crippen molar-refractivity contribution >= 4 is 126 Å². The minimum atomic E-state index is -3.16. The van der Waals surface area contributed by atoms with Crippen LogP contribution in [0, 0.1) is 0 Å². The number of aromatic nitrogens is 8. The summed E-state index contributed by atoms with van der Waals surface area (Å²) in [6.45, 7) is 9.45. The van der Waals surface area contributed by atoms with E-state index in [2.05, 4.69) is 46.1 Å². The Hall–Kier alpha value is -4.59. The largest absolute Gasteiger partial charge is 0.395 e. The lowest BCUT2D eigenvalue weighted by atomic mass is 9.88. The number of aliphatic hydroxyl groups is 1. The van der Waals surface area contributed by atoms with Crippen molar-refractivity contribution in [3.63, 3.8) is 0 Å². The number of halogens is 4. The lowest BCUT2D eigenvalue weighted by molar-refractivity contribution is 0.311. The molecule has 0 unspecified atom stereocenters. The van der Waals surface area contributed by atoms with E-state index in [-0.39, 0.29) is 22.9 Å². The maximum absolute atomic E-state index is 12.7. The minimum absolute atomic E-state index is 0.0891. The number of anilines is 1. The summed E-state index contributed by atoms with van der Waals surface area (Å²) in [5, 5.41) is 46.1. The maximum Gasteiger partial charge on any atom is 0.216 e. The summed E-state index contributed by atoms with van der Waals surface area (Å²) in [5.74, 6) is 1.21. The monoisotopic (exact) mass is 1260 g/mol. The van der Waals surface area contributed by atoms with Crippen molar-refractivity contribution in [1.82, 2.24) is 53.7 Å². The number of aromatic amines is 4. The number of rotatable bonds is 13. The van der Waals surface area contributed by atoms with E-state index in [9.17, 15) is 25.3 Å². The molecule has 12 rings (SSSR count). The number of benzene rings is 4. The van der Waals surface area contributed by atoms with Gasteiger partial charge in [0.15, 0.2) is 0 Å². The van der Waals surface area contributed by atoms with Crippen LogP contribution in [0.25, 0.3) is 43.6 Å². The predicted molar refractivity (Wildman–Crippen MR) is 330 cm³/mol. The van der Waals surface area contributed by atoms with Crippen molar-refractivity contribution in [2.45, 2.75) is 120 Å². The van der Waals surface area contributed by atoms with Gasteiger partial charge in [0.05, 0.1) is 69.7 Å². The molecule has 0 radical (unpaired) electrons. The van der Waals surface area contributed by atoms with Gasteiger partial charge < -0.3 is 10.4 Å². The number of fused-ring (bicyclic) bond motifs is 4. The van der Waals surface area contributed by atoms with Crippen LogP contribution in [0.15, 0.2) is 73.3 Å². The molecule has 4 aromatic carbocycles. The minimum Gasteiger partial charge on any atom is -0.395 e. The van der Waals surface area contributed by atoms with Gasteiger partial charge in [0.1, 0.15) is 0 Å². The smallest absolute Gasteiger partial charge is 0.216 e. The second kappa shape index (κ2) is 27.2. The first-order valence-electron chi connectivity index (χ1n) is 28.1. The van der Waals surface area contributed by atoms with Crippen molar-refractivity contribution in [2.75, 3.05) is 63.5 Å². The molecule has 1 saturated carbocycles. The fourth-order valence-corrected chi connectivity index (χ4v) is 17.7. The van der Waals surface area contributed by atoms with Crippen molar-refractivity contribution in [3.05, 3.63) is 110 Å². The van der Waals surface area contributed by atoms with Crippen LogP contribution in [-0.2, 0) is 30.1 Å². The maximum atomic E-state index is 12.7. The third-order valence-electron chi connectivity index (χ3n) is 16.2. The van der Waals surface area contributed by atoms with Gasteiger partial charge in [-0.3, -0.25) is 20.4 Å². The standard InChI is InChI=1S/C17H22ClN3O2S.2C15H20ClN3O2S.C9H10ClN3O/c18-13-9-15(16-11-19-20-17(16)10-13)12-5-7-21(8-6-12)24(22,23)14-3-1-2-4-14;1-10(2)22(20,21)19-5-3-11(4-6-19)13-7-12(16)8-15-14(13)9-17-18-15;1-2-7-22(20,21)19-5-3-11(4-6-19)13-8-12(16)9-15-14(13)10-17-18-15;10-6-3-8(11-1-2-14)7-5-12-13-9(7)4-6/h9-12,14H,1-8H2,(H,19,20);7-11H,3-6H2,1-2H3,(H,17,18);8-11H,2-7H2,1H3,(H,17,18);3-5,11,14H,1-2H2,(H,12,13). The molecular formula is C56H72Cl4N12O7S3. The van der Waals surface area contributed by atoms with Crippen molar-refractivity contribution in [2.24, 2.45) is 0 Å². The summed E-state index contributed by atoms with van der Waals surface area (Å²) in [6, 6.07) is 15.2. The van der Waals surface area contributed by atoms with Gasteiger partial charge >= 0.3 is 0 Å². The van der Waals surface area contributed by atoms with E-state index in [1.54, 1.807) is 33.0 Å². The van der Waals surface area contributed by atoms with E-state index in [4.69, 9.17) is 51.5 Å². The van der Waals surface area contributed by atoms with E-state index >= 15 is 0 Å². The zero-order chi connectivity index (χ0) is 58.3. The summed E-state index contributed by atoms with van der Waals surface area (Å²) in [7, 11) is -9.37. The topological polar surface area (TPSA) is 259 Å². The molecule has 3 aliphatic heterocycles. The SMILES string of the molecule is CC(C)S(=O)(=O)N1CCC(c2cc(Cl)cc3[nH]ncc23)CC1.CCCS(=O)(=O)N1CCC(c2cc(Cl)cc3[nH]ncc23)CC1.O=S(=O)(C1CCCC1)N1CCC(c2cc(Cl)cc3[nH]ncc23)CC1.OCCNc1cc(Cl)cc2[nH]ncc12. The molecule has 3 saturated heterocycles. The molecule has 19 nitrogen and oxygen atoms in total. The van der Waals surface area contributed by atoms with Gasteiger partial charge in [0.25, 0.3) is 0 Å². The van der Waals surface area contributed by atoms with Crippen LogP contribution in [0.4, 0.5) is 5.69 Å². The van der Waals surface area contributed by atoms with E-state index in [1.165, 1.54) is 11.1 Å². The zero-order valence-electron chi connectivity index (χ0n) is 46.2. The van der Waals surface area contributed by atoms with Crippen LogP contribution in [0.2, 0.25) is 20.1 Å². The van der Waals surface area contributed by atoms with E-state index in [1.807, 2.05) is 74.0 Å². The number of sulfonamides is 3. The Morgan fingerprint density at radius 1 is 0.537 bits per heavy atom. The average Bonchev–Trinajstić information content (AvgIpc) is 4.39. The lowest BCUT2D eigenvalue weighted by Gasteiger charge is -2.33. The van der Waals surface area contributed by atoms with Crippen LogP contribution in [0.1, 0.15) is 126 Å². The number of piperidine rings is 3. The molecule has 4 aliphatic rings. The first-order chi connectivity index (χ1) is 39.3. The molecule has 0 atom stereocenters. The summed E-state index contributed by atoms with van der Waals surface area (Å²) in [6.07, 6.45) is 16.5. The van der Waals surface area contributed by atoms with Gasteiger partial charge in [-0.1, -0.05) is 66.2 Å². The van der Waals surface area contributed by atoms with Crippen molar-refractivity contribution < 1.29 is 30.4 Å². The fraction of sp³-hybridized carbons (Fsp3) is 0.500. The van der Waals surface area contributed by atoms with E-state index in [0.717, 1.165) is 119 Å². The molecule has 6 N–H and O–H groups in total. The van der Waals surface area contributed by atoms with Crippen LogP contribution in [-0.4, -0.2) is 153 Å². The molecule has 4 fully saturated rings. The number of aliphatic hydroxyl groups excluding tert-OH is 1. The summed E-state index contributed by atoms with van der Waals surface area (Å²) in [5.41, 5.74) is 8.10. The number of H-pyrrole nitrogens is 4. The molecule has 8 aromatic rings. The summed E-state index contributed by atoms with van der Waals surface area (Å²) >= 11 is 24.5. The summed E-state index contributed by atoms with van der Waals surface area (Å²) < 4.78 is 79.2. The van der Waals surface area contributed by atoms with Gasteiger partial charge in [0.2, 0.25) is 30.1 Å². The van der Waals surface area contributed by atoms with Crippen LogP contribution in [0.5, 0.6) is 0 Å². The molecule has 0 bridgehead atoms. The fourth-order valence-electron chi connectivity index (χ4n) is 11.9. The third-order valence-corrected chi connectivity index (χ3v) is 23.8. The summed E-state index contributed by atoms with van der Waals surface area (Å²) in [4.78, 5) is 0. The van der Waals surface area contributed by atoms with Gasteiger partial charge in [-0.15, -0.1) is 0 Å². The molecule has 7 heterocycles. The van der Waals surface area contributed by atoms with Crippen LogP contribution >= 0.6 is 46.4 Å². The Balaban J connectivity index is 0.000000134. The number of hydrogen-bond donors (Lipinski definition) is 6. The Morgan fingerprint density at radius 2 is 0.902 bits per heavy atom. The van der Waals surface area contributed by atoms with Crippen LogP contribution in [0.3, 0.4) is 0 Å². The highest BCUT2D eigenvalue weighted by Crippen LogP contribution is 2.39. The molecule has 0 amide bonds.